The SMILES string of the molecule is CCOC(=O)C(=CN(C)N=C(C)C)C(=O)C(F)(F)Cl. The van der Waals surface area contributed by atoms with Gasteiger partial charge in [-0.25, -0.2) is 4.79 Å². The molecule has 0 saturated heterocycles. The van der Waals surface area contributed by atoms with Gasteiger partial charge in [-0.15, -0.1) is 0 Å². The molecular formula is C11H15ClF2N2O3. The molecule has 0 rings (SSSR count). The fourth-order valence-electron chi connectivity index (χ4n) is 1.10. The van der Waals surface area contributed by atoms with Crippen molar-refractivity contribution in [3.05, 3.63) is 11.8 Å². The lowest BCUT2D eigenvalue weighted by Crippen LogP contribution is -2.29. The molecule has 0 aromatic heterocycles. The van der Waals surface area contributed by atoms with Crippen LogP contribution >= 0.6 is 11.6 Å². The summed E-state index contributed by atoms with van der Waals surface area (Å²) in [6, 6.07) is 0. The predicted octanol–water partition coefficient (Wildman–Crippen LogP) is 2.16. The minimum absolute atomic E-state index is 0.0584. The molecule has 0 aliphatic carbocycles. The molecule has 5 nitrogen and oxygen atoms in total. The zero-order chi connectivity index (χ0) is 15.2. The van der Waals surface area contributed by atoms with Crippen LogP contribution in [-0.4, -0.2) is 41.5 Å². The highest BCUT2D eigenvalue weighted by Gasteiger charge is 2.41. The maximum absolute atomic E-state index is 12.8. The van der Waals surface area contributed by atoms with Crippen LogP contribution in [0.2, 0.25) is 0 Å². The summed E-state index contributed by atoms with van der Waals surface area (Å²) in [5.74, 6) is -3.01. The summed E-state index contributed by atoms with van der Waals surface area (Å²) >= 11 is 4.63. The highest BCUT2D eigenvalue weighted by molar-refractivity contribution is 6.38. The number of rotatable bonds is 6. The number of hydrogen-bond donors (Lipinski definition) is 0. The molecule has 0 bridgehead atoms. The van der Waals surface area contributed by atoms with Gasteiger partial charge in [-0.3, -0.25) is 9.80 Å². The number of ketones is 1. The fraction of sp³-hybridized carbons (Fsp3) is 0.545. The lowest BCUT2D eigenvalue weighted by atomic mass is 10.2. The minimum Gasteiger partial charge on any atom is -0.462 e. The van der Waals surface area contributed by atoms with Gasteiger partial charge in [0.05, 0.1) is 6.61 Å². The fourth-order valence-corrected chi connectivity index (χ4v) is 1.20. The second-order valence-corrected chi connectivity index (χ2v) is 4.19. The zero-order valence-corrected chi connectivity index (χ0v) is 11.8. The van der Waals surface area contributed by atoms with Crippen LogP contribution in [-0.2, 0) is 14.3 Å². The van der Waals surface area contributed by atoms with Crippen LogP contribution in [0.4, 0.5) is 8.78 Å². The van der Waals surface area contributed by atoms with Gasteiger partial charge in [0.2, 0.25) is 0 Å². The predicted molar refractivity (Wildman–Crippen MR) is 67.1 cm³/mol. The van der Waals surface area contributed by atoms with Crippen molar-refractivity contribution >= 4 is 29.1 Å². The molecular weight excluding hydrogens is 282 g/mol. The summed E-state index contributed by atoms with van der Waals surface area (Å²) in [6.45, 7) is 4.74. The Morgan fingerprint density at radius 1 is 1.42 bits per heavy atom. The molecule has 0 saturated carbocycles. The van der Waals surface area contributed by atoms with Gasteiger partial charge in [0.1, 0.15) is 5.57 Å². The Hall–Kier alpha value is -1.50. The number of halogens is 3. The van der Waals surface area contributed by atoms with Crippen molar-refractivity contribution < 1.29 is 23.1 Å². The molecule has 0 aliphatic rings. The van der Waals surface area contributed by atoms with Gasteiger partial charge in [-0.2, -0.15) is 13.9 Å². The van der Waals surface area contributed by atoms with Crippen LogP contribution in [0.5, 0.6) is 0 Å². The molecule has 0 N–H and O–H groups in total. The number of carbonyl (C=O) groups excluding carboxylic acids is 2. The Bertz CT molecular complexity index is 413. The maximum atomic E-state index is 12.8. The van der Waals surface area contributed by atoms with E-state index in [0.717, 1.165) is 11.2 Å². The van der Waals surface area contributed by atoms with Crippen molar-refractivity contribution in [3.63, 3.8) is 0 Å². The molecule has 0 fully saturated rings. The van der Waals surface area contributed by atoms with Gasteiger partial charge in [-0.05, 0) is 32.4 Å². The standard InChI is InChI=1S/C11H15ClF2N2O3/c1-5-19-10(18)8(9(17)11(12,13)14)6-16(4)15-7(2)3/h6H,5H2,1-4H3. The Balaban J connectivity index is 5.41. The zero-order valence-electron chi connectivity index (χ0n) is 11.0. The van der Waals surface area contributed by atoms with Gasteiger partial charge in [-0.1, -0.05) is 0 Å². The summed E-state index contributed by atoms with van der Waals surface area (Å²) in [4.78, 5) is 22.9. The summed E-state index contributed by atoms with van der Waals surface area (Å²) < 4.78 is 30.1. The Morgan fingerprint density at radius 3 is 2.32 bits per heavy atom. The van der Waals surface area contributed by atoms with E-state index in [1.807, 2.05) is 0 Å². The third-order valence-corrected chi connectivity index (χ3v) is 1.84. The highest BCUT2D eigenvalue weighted by atomic mass is 35.5. The number of hydrazone groups is 1. The quantitative estimate of drug-likeness (QED) is 0.143. The van der Waals surface area contributed by atoms with E-state index in [9.17, 15) is 18.4 Å². The summed E-state index contributed by atoms with van der Waals surface area (Å²) in [5.41, 5.74) is -0.263. The Labute approximate surface area is 114 Å². The molecule has 0 aromatic carbocycles. The minimum atomic E-state index is -4.18. The first-order valence-corrected chi connectivity index (χ1v) is 5.72. The van der Waals surface area contributed by atoms with E-state index in [-0.39, 0.29) is 6.61 Å². The number of Topliss-reactive ketones (excluding diaryl/α,β-unsaturated/α-hetero) is 1. The van der Waals surface area contributed by atoms with Crippen LogP contribution in [0.15, 0.2) is 16.9 Å². The van der Waals surface area contributed by atoms with E-state index >= 15 is 0 Å². The second kappa shape index (κ2) is 7.18. The van der Waals surface area contributed by atoms with Crippen molar-refractivity contribution in [1.82, 2.24) is 5.01 Å². The van der Waals surface area contributed by atoms with E-state index in [1.165, 1.54) is 14.0 Å². The van der Waals surface area contributed by atoms with Gasteiger partial charge in [0.15, 0.2) is 0 Å². The first kappa shape index (κ1) is 17.5. The molecule has 0 atom stereocenters. The molecule has 0 radical (unpaired) electrons. The monoisotopic (exact) mass is 296 g/mol. The molecule has 8 heteroatoms. The summed E-state index contributed by atoms with van der Waals surface area (Å²) in [6.07, 6.45) is 0.851. The first-order chi connectivity index (χ1) is 8.59. The number of hydrogen-bond acceptors (Lipinski definition) is 5. The van der Waals surface area contributed by atoms with Crippen LogP contribution in [0, 0.1) is 0 Å². The average molecular weight is 297 g/mol. The molecule has 0 amide bonds. The third kappa shape index (κ3) is 6.28. The van der Waals surface area contributed by atoms with Crippen molar-refractivity contribution in [2.45, 2.75) is 26.2 Å². The van der Waals surface area contributed by atoms with E-state index in [1.54, 1.807) is 13.8 Å². The van der Waals surface area contributed by atoms with Crippen LogP contribution in [0.1, 0.15) is 20.8 Å². The van der Waals surface area contributed by atoms with Crippen molar-refractivity contribution in [2.75, 3.05) is 13.7 Å². The molecule has 0 unspecified atom stereocenters. The average Bonchev–Trinajstić information content (AvgIpc) is 2.22. The smallest absolute Gasteiger partial charge is 0.385 e. The lowest BCUT2D eigenvalue weighted by molar-refractivity contribution is -0.142. The van der Waals surface area contributed by atoms with Gasteiger partial charge in [0, 0.05) is 19.0 Å². The van der Waals surface area contributed by atoms with Gasteiger partial charge >= 0.3 is 11.4 Å². The topological polar surface area (TPSA) is 59.0 Å². The van der Waals surface area contributed by atoms with Crippen molar-refractivity contribution in [1.29, 1.82) is 0 Å². The maximum Gasteiger partial charge on any atom is 0.385 e. The van der Waals surface area contributed by atoms with Crippen LogP contribution < -0.4 is 0 Å². The summed E-state index contributed by atoms with van der Waals surface area (Å²) in [7, 11) is 1.38. The molecule has 0 aliphatic heterocycles. The number of alkyl halides is 3. The molecule has 19 heavy (non-hydrogen) atoms. The van der Waals surface area contributed by atoms with Crippen molar-refractivity contribution in [3.8, 4) is 0 Å². The number of nitrogens with zero attached hydrogens (tertiary/aromatic N) is 2. The number of ether oxygens (including phenoxy) is 1. The van der Waals surface area contributed by atoms with Crippen LogP contribution in [0.25, 0.3) is 0 Å². The Morgan fingerprint density at radius 2 is 1.95 bits per heavy atom. The molecule has 0 aromatic rings. The molecule has 108 valence electrons. The van der Waals surface area contributed by atoms with Gasteiger partial charge < -0.3 is 4.74 Å². The van der Waals surface area contributed by atoms with E-state index in [4.69, 9.17) is 0 Å². The Kier molecular flexibility index (Phi) is 6.61. The van der Waals surface area contributed by atoms with E-state index in [0.29, 0.717) is 5.71 Å². The van der Waals surface area contributed by atoms with Gasteiger partial charge in [0.25, 0.3) is 5.78 Å². The second-order valence-electron chi connectivity index (χ2n) is 3.71. The van der Waals surface area contributed by atoms with E-state index < -0.39 is 22.7 Å². The molecule has 0 spiro atoms. The normalized spacial score (nSPS) is 11.8. The third-order valence-electron chi connectivity index (χ3n) is 1.67. The number of esters is 1. The molecule has 0 heterocycles. The van der Waals surface area contributed by atoms with E-state index in [2.05, 4.69) is 21.4 Å². The lowest BCUT2D eigenvalue weighted by Gasteiger charge is -2.13. The van der Waals surface area contributed by atoms with Crippen LogP contribution in [0.3, 0.4) is 0 Å². The largest absolute Gasteiger partial charge is 0.462 e. The first-order valence-electron chi connectivity index (χ1n) is 5.34. The highest BCUT2D eigenvalue weighted by Crippen LogP contribution is 2.24. The summed E-state index contributed by atoms with van der Waals surface area (Å²) in [5, 5.41) is 0.731. The number of carbonyl (C=O) groups is 2. The van der Waals surface area contributed by atoms with Crippen molar-refractivity contribution in [2.24, 2.45) is 5.10 Å².